The molecule has 0 aliphatic rings. The van der Waals surface area contributed by atoms with Crippen molar-refractivity contribution in [1.29, 1.82) is 0 Å². The molecule has 0 aliphatic heterocycles. The Labute approximate surface area is 200 Å². The molecular formula is C19H10BrCl2F3N4O2S. The third-order valence-electron chi connectivity index (χ3n) is 4.45. The van der Waals surface area contributed by atoms with Gasteiger partial charge in [0.1, 0.15) is 10.7 Å². The van der Waals surface area contributed by atoms with Crippen LogP contribution in [-0.4, -0.2) is 30.7 Å². The van der Waals surface area contributed by atoms with Gasteiger partial charge in [-0.25, -0.2) is 4.98 Å². The van der Waals surface area contributed by atoms with E-state index in [9.17, 15) is 18.0 Å². The van der Waals surface area contributed by atoms with Crippen molar-refractivity contribution in [3.8, 4) is 21.3 Å². The number of carbonyl (C=O) groups is 1. The lowest BCUT2D eigenvalue weighted by atomic mass is 10.1. The van der Waals surface area contributed by atoms with Crippen LogP contribution in [0.15, 0.2) is 35.1 Å². The molecule has 0 aliphatic carbocycles. The molecule has 6 nitrogen and oxygen atoms in total. The topological polar surface area (TPSA) is 80.4 Å². The summed E-state index contributed by atoms with van der Waals surface area (Å²) in [5, 5.41) is 18.5. The number of carboxylic acid groups (broad SMARTS) is 1. The van der Waals surface area contributed by atoms with E-state index in [4.69, 9.17) is 28.3 Å². The van der Waals surface area contributed by atoms with Gasteiger partial charge in [0.05, 0.1) is 15.1 Å². The number of imidazole rings is 1. The van der Waals surface area contributed by atoms with Crippen molar-refractivity contribution in [3.05, 3.63) is 56.2 Å². The van der Waals surface area contributed by atoms with Crippen molar-refractivity contribution in [1.82, 2.24) is 19.6 Å². The largest absolute Gasteiger partial charge is 0.481 e. The highest BCUT2D eigenvalue weighted by atomic mass is 79.9. The van der Waals surface area contributed by atoms with Crippen LogP contribution in [0.25, 0.3) is 26.9 Å². The fraction of sp³-hybridized carbons (Fsp3) is 0.158. The van der Waals surface area contributed by atoms with E-state index < -0.39 is 17.7 Å². The molecule has 0 radical (unpaired) electrons. The Morgan fingerprint density at radius 2 is 1.84 bits per heavy atom. The van der Waals surface area contributed by atoms with Crippen LogP contribution in [-0.2, 0) is 17.4 Å². The van der Waals surface area contributed by atoms with E-state index in [1.807, 2.05) is 0 Å². The molecule has 4 rings (SSSR count). The van der Waals surface area contributed by atoms with Crippen molar-refractivity contribution in [2.75, 3.05) is 0 Å². The van der Waals surface area contributed by atoms with Crippen LogP contribution >= 0.6 is 50.5 Å². The maximum Gasteiger partial charge on any atom is 0.417 e. The van der Waals surface area contributed by atoms with Gasteiger partial charge in [-0.2, -0.15) is 13.2 Å². The molecule has 0 atom stereocenters. The Morgan fingerprint density at radius 1 is 1.12 bits per heavy atom. The molecule has 0 bridgehead atoms. The monoisotopic (exact) mass is 564 g/mol. The van der Waals surface area contributed by atoms with Crippen LogP contribution in [0.2, 0.25) is 10.0 Å². The zero-order valence-electron chi connectivity index (χ0n) is 15.6. The number of carboxylic acids is 1. The molecule has 4 aromatic rings. The molecular weight excluding hydrogens is 556 g/mol. The number of pyridine rings is 1. The second-order valence-corrected chi connectivity index (χ2v) is 9.31. The smallest absolute Gasteiger partial charge is 0.417 e. The van der Waals surface area contributed by atoms with E-state index in [1.54, 1.807) is 12.1 Å². The van der Waals surface area contributed by atoms with Gasteiger partial charge in [0, 0.05) is 29.4 Å². The normalized spacial score (nSPS) is 11.9. The number of nitrogens with zero attached hydrogens (tertiary/aromatic N) is 4. The van der Waals surface area contributed by atoms with Gasteiger partial charge in [-0.15, -0.1) is 10.2 Å². The summed E-state index contributed by atoms with van der Waals surface area (Å²) in [5.74, 6) is -0.948. The summed E-state index contributed by atoms with van der Waals surface area (Å²) < 4.78 is 40.7. The molecule has 0 amide bonds. The van der Waals surface area contributed by atoms with E-state index in [0.717, 1.165) is 23.6 Å². The fourth-order valence-corrected chi connectivity index (χ4v) is 4.89. The second kappa shape index (κ2) is 8.62. The van der Waals surface area contributed by atoms with Crippen molar-refractivity contribution in [2.24, 2.45) is 0 Å². The first-order chi connectivity index (χ1) is 15.0. The predicted molar refractivity (Wildman–Crippen MR) is 118 cm³/mol. The summed E-state index contributed by atoms with van der Waals surface area (Å²) in [7, 11) is 0. The van der Waals surface area contributed by atoms with E-state index in [2.05, 4.69) is 31.1 Å². The Hall–Kier alpha value is -2.21. The Bertz CT molecular complexity index is 1360. The maximum atomic E-state index is 13.1. The number of aryl methyl sites for hydroxylation is 1. The standard InChI is InChI=1S/C19H10BrCl2F3N4O2S/c20-11-4-9(19(23,24)25)6-29-7-14(26-16(11)29)18-28-27-17(32-18)10-5-12(21)8(3-13(10)22)1-2-15(30)31/h3-7H,1-2H2,(H,30,31). The van der Waals surface area contributed by atoms with Gasteiger partial charge >= 0.3 is 12.1 Å². The van der Waals surface area contributed by atoms with Crippen LogP contribution in [0.3, 0.4) is 0 Å². The van der Waals surface area contributed by atoms with Crippen molar-refractivity contribution >= 4 is 62.1 Å². The molecule has 0 saturated carbocycles. The average Bonchev–Trinajstić information content (AvgIpc) is 3.34. The first-order valence-electron chi connectivity index (χ1n) is 8.82. The Morgan fingerprint density at radius 3 is 2.53 bits per heavy atom. The third-order valence-corrected chi connectivity index (χ3v) is 6.68. The summed E-state index contributed by atoms with van der Waals surface area (Å²) >= 11 is 16.9. The average molecular weight is 566 g/mol. The number of halogens is 6. The zero-order chi connectivity index (χ0) is 23.2. The van der Waals surface area contributed by atoms with Crippen molar-refractivity contribution < 1.29 is 23.1 Å². The first kappa shape index (κ1) is 23.0. The number of hydrogen-bond acceptors (Lipinski definition) is 5. The van der Waals surface area contributed by atoms with Crippen LogP contribution < -0.4 is 0 Å². The SMILES string of the molecule is O=C(O)CCc1cc(Cl)c(-c2nnc(-c3cn4cc(C(F)(F)F)cc(Br)c4n3)s2)cc1Cl. The number of aliphatic carboxylic acids is 1. The van der Waals surface area contributed by atoms with Crippen LogP contribution in [0.4, 0.5) is 13.2 Å². The summed E-state index contributed by atoms with van der Waals surface area (Å²) in [6, 6.07) is 4.14. The molecule has 0 unspecified atom stereocenters. The molecule has 3 heterocycles. The van der Waals surface area contributed by atoms with E-state index in [1.165, 1.54) is 10.6 Å². The predicted octanol–water partition coefficient (Wildman–Crippen LogP) is 6.63. The van der Waals surface area contributed by atoms with Gasteiger partial charge in [-0.3, -0.25) is 4.79 Å². The zero-order valence-corrected chi connectivity index (χ0v) is 19.5. The lowest BCUT2D eigenvalue weighted by Gasteiger charge is -2.07. The molecule has 0 saturated heterocycles. The molecule has 166 valence electrons. The minimum Gasteiger partial charge on any atom is -0.481 e. The Kier molecular flexibility index (Phi) is 6.19. The van der Waals surface area contributed by atoms with E-state index >= 15 is 0 Å². The summed E-state index contributed by atoms with van der Waals surface area (Å²) in [6.45, 7) is 0. The molecule has 32 heavy (non-hydrogen) atoms. The van der Waals surface area contributed by atoms with Crippen LogP contribution in [0, 0.1) is 0 Å². The molecule has 13 heteroatoms. The maximum absolute atomic E-state index is 13.1. The molecule has 3 aromatic heterocycles. The highest BCUT2D eigenvalue weighted by Gasteiger charge is 2.32. The highest BCUT2D eigenvalue weighted by molar-refractivity contribution is 9.10. The van der Waals surface area contributed by atoms with Crippen molar-refractivity contribution in [3.63, 3.8) is 0 Å². The number of alkyl halides is 3. The van der Waals surface area contributed by atoms with Gasteiger partial charge in [0.25, 0.3) is 0 Å². The second-order valence-electron chi connectivity index (χ2n) is 6.66. The van der Waals surface area contributed by atoms with Gasteiger partial charge < -0.3 is 9.51 Å². The fourth-order valence-electron chi connectivity index (χ4n) is 2.94. The Balaban J connectivity index is 1.68. The number of rotatable bonds is 5. The summed E-state index contributed by atoms with van der Waals surface area (Å²) in [4.78, 5) is 15.1. The number of fused-ring (bicyclic) bond motifs is 1. The van der Waals surface area contributed by atoms with Gasteiger partial charge in [-0.05, 0) is 46.1 Å². The minimum atomic E-state index is -4.50. The quantitative estimate of drug-likeness (QED) is 0.294. The van der Waals surface area contributed by atoms with Gasteiger partial charge in [-0.1, -0.05) is 34.5 Å². The number of benzene rings is 1. The number of hydrogen-bond donors (Lipinski definition) is 1. The van der Waals surface area contributed by atoms with Crippen molar-refractivity contribution in [2.45, 2.75) is 19.0 Å². The lowest BCUT2D eigenvalue weighted by Crippen LogP contribution is -2.06. The van der Waals surface area contributed by atoms with E-state index in [-0.39, 0.29) is 17.3 Å². The molecule has 0 spiro atoms. The van der Waals surface area contributed by atoms with Gasteiger partial charge in [0.2, 0.25) is 0 Å². The number of aromatic nitrogens is 4. The first-order valence-corrected chi connectivity index (χ1v) is 11.2. The summed E-state index contributed by atoms with van der Waals surface area (Å²) in [6.07, 6.45) is -1.97. The van der Waals surface area contributed by atoms with Crippen LogP contribution in [0.1, 0.15) is 17.5 Å². The molecule has 0 fully saturated rings. The van der Waals surface area contributed by atoms with E-state index in [0.29, 0.717) is 42.5 Å². The lowest BCUT2D eigenvalue weighted by molar-refractivity contribution is -0.138. The third kappa shape index (κ3) is 4.61. The summed E-state index contributed by atoms with van der Waals surface area (Å²) in [5.41, 5.74) is 0.924. The minimum absolute atomic E-state index is 0.0855. The molecule has 1 aromatic carbocycles. The van der Waals surface area contributed by atoms with Crippen LogP contribution in [0.5, 0.6) is 0 Å². The highest BCUT2D eigenvalue weighted by Crippen LogP contribution is 2.38. The molecule has 1 N–H and O–H groups in total. The van der Waals surface area contributed by atoms with Gasteiger partial charge in [0.15, 0.2) is 10.7 Å².